The van der Waals surface area contributed by atoms with Crippen LogP contribution in [0.15, 0.2) is 36.4 Å². The van der Waals surface area contributed by atoms with Gasteiger partial charge in [-0.1, -0.05) is 78.5 Å². The van der Waals surface area contributed by atoms with Crippen molar-refractivity contribution in [1.82, 2.24) is 14.7 Å². The highest BCUT2D eigenvalue weighted by Gasteiger charge is 2.24. The summed E-state index contributed by atoms with van der Waals surface area (Å²) in [4.78, 5) is 27.8. The molecule has 0 spiro atoms. The molecule has 1 saturated carbocycles. The highest BCUT2D eigenvalue weighted by molar-refractivity contribution is 5.94. The first-order chi connectivity index (χ1) is 15.6. The molecule has 1 aliphatic rings. The first-order valence-corrected chi connectivity index (χ1v) is 12.4. The second-order valence-corrected chi connectivity index (χ2v) is 10.8. The average molecular weight is 453 g/mol. The molecule has 0 atom stereocenters. The van der Waals surface area contributed by atoms with Gasteiger partial charge in [0.05, 0.1) is 17.9 Å². The average Bonchev–Trinajstić information content (AvgIpc) is 3.41. The zero-order valence-electron chi connectivity index (χ0n) is 20.9. The van der Waals surface area contributed by atoms with Crippen LogP contribution < -0.4 is 5.32 Å². The number of hydrogen-bond donors (Lipinski definition) is 1. The number of hydrogen-bond acceptors (Lipinski definition) is 3. The van der Waals surface area contributed by atoms with Crippen molar-refractivity contribution in [3.05, 3.63) is 42.1 Å². The van der Waals surface area contributed by atoms with Gasteiger partial charge in [-0.05, 0) is 30.4 Å². The molecule has 0 aliphatic heterocycles. The monoisotopic (exact) mass is 452 g/mol. The van der Waals surface area contributed by atoms with Crippen molar-refractivity contribution in [2.45, 2.75) is 78.6 Å². The van der Waals surface area contributed by atoms with Crippen LogP contribution in [-0.4, -0.2) is 39.6 Å². The van der Waals surface area contributed by atoms with Crippen molar-refractivity contribution >= 4 is 17.6 Å². The van der Waals surface area contributed by atoms with E-state index in [1.807, 2.05) is 36.4 Å². The standard InChI is InChI=1S/C27H40N4O2/c1-20(2)18-30(26(33)16-15-21-11-9-10-12-21)19-25(32)28-24-17-23(27(3,4)5)29-31(24)22-13-7-6-8-14-22/h6-8,13-14,17,20-21H,9-12,15-16,18-19H2,1-5H3,(H,28,32). The predicted molar refractivity (Wildman–Crippen MR) is 134 cm³/mol. The maximum absolute atomic E-state index is 13.1. The Kier molecular flexibility index (Phi) is 8.33. The molecule has 1 fully saturated rings. The van der Waals surface area contributed by atoms with Crippen molar-refractivity contribution in [1.29, 1.82) is 0 Å². The van der Waals surface area contributed by atoms with Gasteiger partial charge in [-0.15, -0.1) is 0 Å². The molecule has 1 aromatic carbocycles. The minimum Gasteiger partial charge on any atom is -0.333 e. The number of benzene rings is 1. The molecular weight excluding hydrogens is 412 g/mol. The van der Waals surface area contributed by atoms with Crippen molar-refractivity contribution in [3.63, 3.8) is 0 Å². The van der Waals surface area contributed by atoms with Gasteiger partial charge >= 0.3 is 0 Å². The molecule has 0 unspecified atom stereocenters. The van der Waals surface area contributed by atoms with Gasteiger partial charge in [0.1, 0.15) is 5.82 Å². The molecule has 33 heavy (non-hydrogen) atoms. The van der Waals surface area contributed by atoms with Crippen molar-refractivity contribution in [2.75, 3.05) is 18.4 Å². The van der Waals surface area contributed by atoms with E-state index in [9.17, 15) is 9.59 Å². The molecule has 0 bridgehead atoms. The SMILES string of the molecule is CC(C)CN(CC(=O)Nc1cc(C(C)(C)C)nn1-c1ccccc1)C(=O)CCC1CCCC1. The van der Waals surface area contributed by atoms with Gasteiger partial charge in [-0.3, -0.25) is 9.59 Å². The van der Waals surface area contributed by atoms with Gasteiger partial charge in [0, 0.05) is 24.4 Å². The maximum Gasteiger partial charge on any atom is 0.245 e. The third-order valence-electron chi connectivity index (χ3n) is 6.26. The lowest BCUT2D eigenvalue weighted by atomic mass is 9.92. The maximum atomic E-state index is 13.1. The lowest BCUT2D eigenvalue weighted by Gasteiger charge is -2.25. The number of nitrogens with zero attached hydrogens (tertiary/aromatic N) is 3. The predicted octanol–water partition coefficient (Wildman–Crippen LogP) is 5.56. The van der Waals surface area contributed by atoms with Crippen molar-refractivity contribution in [3.8, 4) is 5.69 Å². The zero-order valence-corrected chi connectivity index (χ0v) is 20.9. The normalized spacial score (nSPS) is 14.6. The molecule has 0 radical (unpaired) electrons. The molecule has 1 N–H and O–H groups in total. The minimum atomic E-state index is -0.192. The van der Waals surface area contributed by atoms with Crippen LogP contribution in [0.1, 0.15) is 78.8 Å². The molecular formula is C27H40N4O2. The number of aromatic nitrogens is 2. The van der Waals surface area contributed by atoms with E-state index in [2.05, 4.69) is 39.9 Å². The van der Waals surface area contributed by atoms with E-state index in [1.54, 1.807) is 9.58 Å². The van der Waals surface area contributed by atoms with Crippen LogP contribution in [0.2, 0.25) is 0 Å². The highest BCUT2D eigenvalue weighted by Crippen LogP contribution is 2.29. The van der Waals surface area contributed by atoms with Gasteiger partial charge in [0.15, 0.2) is 0 Å². The third kappa shape index (κ3) is 7.18. The van der Waals surface area contributed by atoms with Crippen LogP contribution in [-0.2, 0) is 15.0 Å². The third-order valence-corrected chi connectivity index (χ3v) is 6.26. The van der Waals surface area contributed by atoms with E-state index < -0.39 is 0 Å². The van der Waals surface area contributed by atoms with Gasteiger partial charge in [0.25, 0.3) is 0 Å². The van der Waals surface area contributed by atoms with Gasteiger partial charge < -0.3 is 10.2 Å². The summed E-state index contributed by atoms with van der Waals surface area (Å²) in [6, 6.07) is 11.7. The van der Waals surface area contributed by atoms with Crippen LogP contribution in [0.4, 0.5) is 5.82 Å². The lowest BCUT2D eigenvalue weighted by molar-refractivity contribution is -0.135. The lowest BCUT2D eigenvalue weighted by Crippen LogP contribution is -2.40. The van der Waals surface area contributed by atoms with E-state index in [0.29, 0.717) is 30.6 Å². The summed E-state index contributed by atoms with van der Waals surface area (Å²) in [6.07, 6.45) is 6.49. The fourth-order valence-corrected chi connectivity index (χ4v) is 4.44. The molecule has 2 aromatic rings. The fourth-order valence-electron chi connectivity index (χ4n) is 4.44. The summed E-state index contributed by atoms with van der Waals surface area (Å²) in [5, 5.41) is 7.79. The Hall–Kier alpha value is -2.63. The van der Waals surface area contributed by atoms with Crippen molar-refractivity contribution in [2.24, 2.45) is 11.8 Å². The Morgan fingerprint density at radius 2 is 1.82 bits per heavy atom. The summed E-state index contributed by atoms with van der Waals surface area (Å²) in [5.74, 6) is 1.48. The Morgan fingerprint density at radius 1 is 1.15 bits per heavy atom. The Labute approximate surface area is 198 Å². The highest BCUT2D eigenvalue weighted by atomic mass is 16.2. The molecule has 6 heteroatoms. The fraction of sp³-hybridized carbons (Fsp3) is 0.593. The van der Waals surface area contributed by atoms with Gasteiger partial charge in [-0.2, -0.15) is 5.10 Å². The summed E-state index contributed by atoms with van der Waals surface area (Å²) >= 11 is 0. The molecule has 3 rings (SSSR count). The zero-order chi connectivity index (χ0) is 24.0. The first kappa shape index (κ1) is 25.0. The molecule has 2 amide bonds. The van der Waals surface area contributed by atoms with Crippen LogP contribution >= 0.6 is 0 Å². The minimum absolute atomic E-state index is 0.0620. The number of para-hydroxylation sites is 1. The summed E-state index contributed by atoms with van der Waals surface area (Å²) in [7, 11) is 0. The smallest absolute Gasteiger partial charge is 0.245 e. The Bertz CT molecular complexity index is 921. The topological polar surface area (TPSA) is 67.2 Å². The van der Waals surface area contributed by atoms with Gasteiger partial charge in [-0.25, -0.2) is 4.68 Å². The number of rotatable bonds is 9. The number of carbonyl (C=O) groups excluding carboxylic acids is 2. The summed E-state index contributed by atoms with van der Waals surface area (Å²) < 4.78 is 1.77. The number of amides is 2. The van der Waals surface area contributed by atoms with E-state index in [-0.39, 0.29) is 23.8 Å². The van der Waals surface area contributed by atoms with E-state index in [1.165, 1.54) is 25.7 Å². The van der Waals surface area contributed by atoms with Crippen LogP contribution in [0.25, 0.3) is 5.69 Å². The largest absolute Gasteiger partial charge is 0.333 e. The molecule has 0 saturated heterocycles. The number of carbonyl (C=O) groups is 2. The van der Waals surface area contributed by atoms with E-state index >= 15 is 0 Å². The number of anilines is 1. The quantitative estimate of drug-likeness (QED) is 0.541. The van der Waals surface area contributed by atoms with Crippen LogP contribution in [0, 0.1) is 11.8 Å². The molecule has 1 aliphatic carbocycles. The molecule has 1 heterocycles. The Morgan fingerprint density at radius 3 is 2.42 bits per heavy atom. The second kappa shape index (κ2) is 11.0. The summed E-state index contributed by atoms with van der Waals surface area (Å²) in [6.45, 7) is 11.1. The van der Waals surface area contributed by atoms with Crippen LogP contribution in [0.3, 0.4) is 0 Å². The Balaban J connectivity index is 1.72. The first-order valence-electron chi connectivity index (χ1n) is 12.4. The van der Waals surface area contributed by atoms with Gasteiger partial charge in [0.2, 0.25) is 11.8 Å². The second-order valence-electron chi connectivity index (χ2n) is 10.8. The molecule has 180 valence electrons. The van der Waals surface area contributed by atoms with Crippen LogP contribution in [0.5, 0.6) is 0 Å². The molecule has 6 nitrogen and oxygen atoms in total. The van der Waals surface area contributed by atoms with Crippen molar-refractivity contribution < 1.29 is 9.59 Å². The molecule has 1 aromatic heterocycles. The van der Waals surface area contributed by atoms with E-state index in [0.717, 1.165) is 17.8 Å². The van der Waals surface area contributed by atoms with E-state index in [4.69, 9.17) is 5.10 Å². The summed E-state index contributed by atoms with van der Waals surface area (Å²) in [5.41, 5.74) is 1.63. The number of nitrogens with one attached hydrogen (secondary N) is 1.